The number of methoxy groups -OCH3 is 3. The fourth-order valence-corrected chi connectivity index (χ4v) is 5.99. The first-order chi connectivity index (χ1) is 18.4. The van der Waals surface area contributed by atoms with Crippen LogP contribution >= 0.6 is 11.8 Å². The maximum atomic E-state index is 13.4. The number of rotatable bonds is 7. The minimum absolute atomic E-state index is 0.188. The van der Waals surface area contributed by atoms with E-state index in [1.54, 1.807) is 37.4 Å². The number of thioether (sulfide) groups is 1. The smallest absolute Gasteiger partial charge is 0.342 e. The molecule has 5 rings (SSSR count). The van der Waals surface area contributed by atoms with E-state index in [0.29, 0.717) is 18.1 Å². The predicted octanol–water partition coefficient (Wildman–Crippen LogP) is 2.52. The van der Waals surface area contributed by atoms with Gasteiger partial charge in [-0.15, -0.1) is 11.8 Å². The van der Waals surface area contributed by atoms with E-state index in [4.69, 9.17) is 28.4 Å². The Morgan fingerprint density at radius 3 is 2.42 bits per heavy atom. The van der Waals surface area contributed by atoms with Crippen molar-refractivity contribution in [3.05, 3.63) is 86.7 Å². The lowest BCUT2D eigenvalue weighted by molar-refractivity contribution is -0.231. The van der Waals surface area contributed by atoms with Crippen molar-refractivity contribution in [3.8, 4) is 17.2 Å². The molecule has 0 saturated carbocycles. The highest BCUT2D eigenvalue weighted by molar-refractivity contribution is 8.00. The number of carbonyl (C=O) groups excluding carboxylic acids is 1. The molecule has 200 valence electrons. The zero-order chi connectivity index (χ0) is 26.8. The molecule has 2 aromatic carbocycles. The highest BCUT2D eigenvalue weighted by Crippen LogP contribution is 2.48. The van der Waals surface area contributed by atoms with Gasteiger partial charge in [0, 0.05) is 23.9 Å². The van der Waals surface area contributed by atoms with Crippen molar-refractivity contribution in [2.24, 2.45) is 0 Å². The maximum Gasteiger partial charge on any atom is 0.342 e. The van der Waals surface area contributed by atoms with Gasteiger partial charge in [0.2, 0.25) is 0 Å². The Morgan fingerprint density at radius 2 is 1.74 bits per heavy atom. The van der Waals surface area contributed by atoms with Crippen LogP contribution < -0.4 is 25.5 Å². The summed E-state index contributed by atoms with van der Waals surface area (Å²) in [7, 11) is 4.53. The van der Waals surface area contributed by atoms with Crippen molar-refractivity contribution in [2.75, 3.05) is 27.9 Å². The highest BCUT2D eigenvalue weighted by Gasteiger charge is 2.52. The second-order valence-electron chi connectivity index (χ2n) is 8.56. The Bertz CT molecular complexity index is 1420. The third kappa shape index (κ3) is 5.02. The number of hydrogen-bond acceptors (Lipinski definition) is 10. The number of H-pyrrole nitrogens is 1. The van der Waals surface area contributed by atoms with Crippen molar-refractivity contribution in [3.63, 3.8) is 0 Å². The summed E-state index contributed by atoms with van der Waals surface area (Å²) in [6.45, 7) is 0.292. The maximum absolute atomic E-state index is 13.4. The van der Waals surface area contributed by atoms with E-state index in [9.17, 15) is 14.4 Å². The zero-order valence-electron chi connectivity index (χ0n) is 20.8. The van der Waals surface area contributed by atoms with Crippen LogP contribution in [0.4, 0.5) is 0 Å². The van der Waals surface area contributed by atoms with Gasteiger partial charge in [-0.05, 0) is 24.3 Å². The SMILES string of the molecule is COc1ccc(C2OC[C@H]3S[C@@H](n4ccc(=O)[nH]c4=O)[C@H](OC(=O)c4ccc(OC)cc4OC)[C@@H]3O2)cc1. The summed E-state index contributed by atoms with van der Waals surface area (Å²) in [6, 6.07) is 13.3. The molecule has 2 saturated heterocycles. The number of aromatic nitrogens is 2. The summed E-state index contributed by atoms with van der Waals surface area (Å²) in [5.41, 5.74) is -0.194. The van der Waals surface area contributed by atoms with Crippen LogP contribution in [0.25, 0.3) is 0 Å². The number of carbonyl (C=O) groups is 1. The summed E-state index contributed by atoms with van der Waals surface area (Å²) < 4.78 is 35.5. The van der Waals surface area contributed by atoms with Crippen LogP contribution in [0, 0.1) is 0 Å². The molecule has 1 aromatic heterocycles. The minimum Gasteiger partial charge on any atom is -0.497 e. The minimum atomic E-state index is -0.891. The third-order valence-electron chi connectivity index (χ3n) is 6.36. The third-order valence-corrected chi connectivity index (χ3v) is 7.89. The first kappa shape index (κ1) is 25.9. The Hall–Kier alpha value is -3.74. The number of benzene rings is 2. The van der Waals surface area contributed by atoms with E-state index < -0.39 is 41.1 Å². The fraction of sp³-hybridized carbons (Fsp3) is 0.346. The predicted molar refractivity (Wildman–Crippen MR) is 137 cm³/mol. The van der Waals surface area contributed by atoms with Crippen molar-refractivity contribution >= 4 is 17.7 Å². The van der Waals surface area contributed by atoms with Crippen LogP contribution in [0.1, 0.15) is 27.6 Å². The van der Waals surface area contributed by atoms with Crippen molar-refractivity contribution in [2.45, 2.75) is 29.1 Å². The van der Waals surface area contributed by atoms with Gasteiger partial charge in [-0.25, -0.2) is 9.59 Å². The summed E-state index contributed by atoms with van der Waals surface area (Å²) in [5.74, 6) is 0.826. The first-order valence-corrected chi connectivity index (χ1v) is 12.7. The van der Waals surface area contributed by atoms with E-state index in [2.05, 4.69) is 4.98 Å². The average molecular weight is 543 g/mol. The Morgan fingerprint density at radius 1 is 1.00 bits per heavy atom. The standard InChI is InChI=1S/C26H26N2O9S/c1-32-15-6-4-14(5-7-15)25-35-13-19-21(37-25)22(23(38-19)28-11-10-20(29)27-26(28)31)36-24(30)17-9-8-16(33-2)12-18(17)34-3/h4-12,19,21-23,25H,13H2,1-3H3,(H,27,29,31)/t19-,21-,22-,23-,25?/m1/s1. The van der Waals surface area contributed by atoms with Gasteiger partial charge in [-0.3, -0.25) is 14.3 Å². The fourth-order valence-electron chi connectivity index (χ4n) is 4.44. The number of ether oxygens (including phenoxy) is 6. The Kier molecular flexibility index (Phi) is 7.45. The monoisotopic (exact) mass is 542 g/mol. The molecule has 11 nitrogen and oxygen atoms in total. The second kappa shape index (κ2) is 10.9. The van der Waals surface area contributed by atoms with Gasteiger partial charge in [0.15, 0.2) is 12.4 Å². The quantitative estimate of drug-likeness (QED) is 0.445. The van der Waals surface area contributed by atoms with Gasteiger partial charge in [-0.1, -0.05) is 12.1 Å². The number of hydrogen-bond donors (Lipinski definition) is 1. The summed E-state index contributed by atoms with van der Waals surface area (Å²) >= 11 is 1.37. The summed E-state index contributed by atoms with van der Waals surface area (Å²) in [6.07, 6.45) is -0.840. The molecule has 2 aliphatic rings. The van der Waals surface area contributed by atoms with Crippen molar-refractivity contribution in [1.82, 2.24) is 9.55 Å². The van der Waals surface area contributed by atoms with Gasteiger partial charge in [0.05, 0.1) is 33.2 Å². The van der Waals surface area contributed by atoms with Crippen molar-refractivity contribution in [1.29, 1.82) is 0 Å². The molecule has 0 radical (unpaired) electrons. The molecule has 0 aliphatic carbocycles. The molecule has 2 aliphatic heterocycles. The van der Waals surface area contributed by atoms with Crippen LogP contribution in [0.5, 0.6) is 17.2 Å². The molecule has 1 unspecified atom stereocenters. The molecule has 0 bridgehead atoms. The van der Waals surface area contributed by atoms with Crippen LogP contribution in [0.15, 0.2) is 64.3 Å². The molecule has 12 heteroatoms. The molecule has 1 N–H and O–H groups in total. The lowest BCUT2D eigenvalue weighted by Crippen LogP contribution is -2.45. The molecular weight excluding hydrogens is 516 g/mol. The zero-order valence-corrected chi connectivity index (χ0v) is 21.6. The number of nitrogens with one attached hydrogen (secondary N) is 1. The van der Waals surface area contributed by atoms with Crippen LogP contribution in [0.3, 0.4) is 0 Å². The lowest BCUT2D eigenvalue weighted by atomic mass is 10.1. The van der Waals surface area contributed by atoms with Crippen LogP contribution in [0.2, 0.25) is 0 Å². The van der Waals surface area contributed by atoms with Crippen molar-refractivity contribution < 1.29 is 33.2 Å². The lowest BCUT2D eigenvalue weighted by Gasteiger charge is -2.34. The number of aromatic amines is 1. The van der Waals surface area contributed by atoms with E-state index >= 15 is 0 Å². The van der Waals surface area contributed by atoms with E-state index in [0.717, 1.165) is 5.56 Å². The summed E-state index contributed by atoms with van der Waals surface area (Å²) in [4.78, 5) is 40.0. The van der Waals surface area contributed by atoms with Gasteiger partial charge >= 0.3 is 11.7 Å². The molecule has 3 heterocycles. The van der Waals surface area contributed by atoms with Crippen LogP contribution in [-0.2, 0) is 14.2 Å². The first-order valence-electron chi connectivity index (χ1n) is 11.7. The number of fused-ring (bicyclic) bond motifs is 1. The molecule has 2 fully saturated rings. The Labute approximate surface area is 221 Å². The molecular formula is C26H26N2O9S. The van der Waals surface area contributed by atoms with E-state index in [1.807, 2.05) is 12.1 Å². The second-order valence-corrected chi connectivity index (χ2v) is 9.92. The highest BCUT2D eigenvalue weighted by atomic mass is 32.2. The molecule has 3 aromatic rings. The van der Waals surface area contributed by atoms with Crippen LogP contribution in [-0.4, -0.2) is 60.9 Å². The van der Waals surface area contributed by atoms with Gasteiger partial charge < -0.3 is 28.4 Å². The largest absolute Gasteiger partial charge is 0.497 e. The number of nitrogens with zero attached hydrogens (tertiary/aromatic N) is 1. The average Bonchev–Trinajstić information content (AvgIpc) is 3.29. The normalized spacial score (nSPS) is 24.3. The van der Waals surface area contributed by atoms with Gasteiger partial charge in [0.1, 0.15) is 34.3 Å². The number of esters is 1. The van der Waals surface area contributed by atoms with E-state index in [-0.39, 0.29) is 16.6 Å². The molecule has 0 spiro atoms. The van der Waals surface area contributed by atoms with E-state index in [1.165, 1.54) is 42.8 Å². The topological polar surface area (TPSA) is 127 Å². The van der Waals surface area contributed by atoms with Gasteiger partial charge in [0.25, 0.3) is 5.56 Å². The van der Waals surface area contributed by atoms with Gasteiger partial charge in [-0.2, -0.15) is 0 Å². The molecule has 0 amide bonds. The molecule has 5 atom stereocenters. The Balaban J connectivity index is 1.47. The summed E-state index contributed by atoms with van der Waals surface area (Å²) in [5, 5.41) is -0.926. The molecule has 38 heavy (non-hydrogen) atoms.